The van der Waals surface area contributed by atoms with Crippen molar-refractivity contribution in [3.8, 4) is 0 Å². The average molecular weight is 601 g/mol. The van der Waals surface area contributed by atoms with Gasteiger partial charge in [-0.3, -0.25) is 4.79 Å². The molecule has 0 spiro atoms. The second-order valence-electron chi connectivity index (χ2n) is 9.66. The molecule has 0 fully saturated rings. The van der Waals surface area contributed by atoms with Gasteiger partial charge in [-0.05, 0) is 53.4 Å². The Morgan fingerprint density at radius 3 is 1.32 bits per heavy atom. The number of aliphatic hydroxyl groups excluding tert-OH is 1. The van der Waals surface area contributed by atoms with E-state index >= 15 is 0 Å². The molecule has 0 aromatic rings. The van der Waals surface area contributed by atoms with E-state index in [-0.39, 0.29) is 54.8 Å². The van der Waals surface area contributed by atoms with Crippen molar-refractivity contribution < 1.29 is 43.2 Å². The summed E-state index contributed by atoms with van der Waals surface area (Å²) in [5.41, 5.74) is 0. The van der Waals surface area contributed by atoms with Crippen LogP contribution in [0.2, 0.25) is 0 Å². The minimum atomic E-state index is -0.740. The second-order valence-corrected chi connectivity index (χ2v) is 10.4. The van der Waals surface area contributed by atoms with E-state index in [4.69, 9.17) is 27.8 Å². The molecule has 9 atom stereocenters. The summed E-state index contributed by atoms with van der Waals surface area (Å²) in [6.07, 6.45) is 0.421. The largest absolute Gasteiger partial charge is 0.393 e. The lowest BCUT2D eigenvalue weighted by Gasteiger charge is -2.13. The van der Waals surface area contributed by atoms with Crippen LogP contribution in [0.5, 0.6) is 0 Å². The molecule has 0 rings (SSSR count). The Labute approximate surface area is 237 Å². The number of ketones is 1. The van der Waals surface area contributed by atoms with Crippen LogP contribution in [0.4, 0.5) is 0 Å². The number of aldehydes is 1. The molecule has 5 unspecified atom stereocenters. The first kappa shape index (κ1) is 39.0. The quantitative estimate of drug-likeness (QED) is 0.114. The summed E-state index contributed by atoms with van der Waals surface area (Å²) in [7, 11) is -0.808. The zero-order valence-corrected chi connectivity index (χ0v) is 28.0. The van der Waals surface area contributed by atoms with Gasteiger partial charge in [0.25, 0.3) is 0 Å². The molecule has 9 nitrogen and oxygen atoms in total. The molecule has 0 aliphatic rings. The van der Waals surface area contributed by atoms with Gasteiger partial charge in [-0.25, -0.2) is 4.79 Å². The van der Waals surface area contributed by atoms with Crippen molar-refractivity contribution in [2.75, 3.05) is 0 Å². The zero-order valence-electron chi connectivity index (χ0n) is 28.0. The van der Waals surface area contributed by atoms with Crippen molar-refractivity contribution in [2.24, 2.45) is 29.6 Å². The first-order valence-electron chi connectivity index (χ1n) is 13.8. The van der Waals surface area contributed by atoms with Crippen molar-refractivity contribution in [1.82, 2.24) is 0 Å². The van der Waals surface area contributed by atoms with E-state index in [1.54, 1.807) is 41.5 Å². The highest BCUT2D eigenvalue weighted by Crippen LogP contribution is 2.11. The van der Waals surface area contributed by atoms with Gasteiger partial charge in [0.2, 0.25) is 0 Å². The summed E-state index contributed by atoms with van der Waals surface area (Å²) in [6.45, 7) is 24.1. The Morgan fingerprint density at radius 2 is 1.11 bits per heavy atom. The number of rotatable bonds is 13. The number of hydrogen-bond acceptors (Lipinski definition) is 9. The highest BCUT2D eigenvalue weighted by Gasteiger charge is 2.21. The molecule has 226 valence electrons. The lowest BCUT2D eigenvalue weighted by Crippen LogP contribution is -2.24. The molecule has 0 aromatic heterocycles. The maximum absolute atomic E-state index is 10.6. The standard InChI is InChI=1S/C5H11O4P.C5H11O2P.C5H13OP.C5H12O.C5H10O/c1-3(4(2)9-10)5(6)8-7;1-4(3-6)5(2)7-8;1-4(2)5(3)6-7;2*1-4(2)5(3)6/h3-4,7H,10H2,1-2H3;3-5H,8H2,1-2H3;4-5H,7H2,1-3H3;4-6H,1-3H3;4H,1-3H3/t3?,4-;4?,5-;2*5-;/m0000./s1/i10T;8T;7T;;/t3?,4-,10?;4?,5-,8?;5-,7?;;. The fourth-order valence-corrected chi connectivity index (χ4v) is 1.42. The van der Waals surface area contributed by atoms with Crippen LogP contribution in [0.3, 0.4) is 0 Å². The predicted molar refractivity (Wildman–Crippen MR) is 161 cm³/mol. The number of aliphatic hydroxyl groups is 1. The highest BCUT2D eigenvalue weighted by atomic mass is 31.0. The number of hydrogen-bond donors (Lipinski definition) is 2. The summed E-state index contributed by atoms with van der Waals surface area (Å²) in [4.78, 5) is 34.3. The van der Waals surface area contributed by atoms with E-state index < -0.39 is 27.4 Å². The summed E-state index contributed by atoms with van der Waals surface area (Å²) < 4.78 is 34.8. The van der Waals surface area contributed by atoms with E-state index in [2.05, 4.69) is 18.7 Å². The Balaban J connectivity index is -0.000000130. The maximum Gasteiger partial charge on any atom is 0.347 e. The lowest BCUT2D eigenvalue weighted by molar-refractivity contribution is -0.240. The van der Waals surface area contributed by atoms with Gasteiger partial charge in [0.1, 0.15) is 12.1 Å². The van der Waals surface area contributed by atoms with Crippen LogP contribution in [-0.4, -0.2) is 56.7 Å². The third-order valence-corrected chi connectivity index (χ3v) is 6.51. The van der Waals surface area contributed by atoms with Crippen LogP contribution in [0, 0.1) is 29.6 Å². The van der Waals surface area contributed by atoms with Crippen LogP contribution in [-0.2, 0) is 32.8 Å². The summed E-state index contributed by atoms with van der Waals surface area (Å²) in [5.74, 6) is 0.0364. The van der Waals surface area contributed by atoms with E-state index in [9.17, 15) is 14.4 Å². The molecule has 0 radical (unpaired) electrons. The molecule has 0 aliphatic heterocycles. The fraction of sp³-hybridized carbons (Fsp3) is 0.880. The summed E-state index contributed by atoms with van der Waals surface area (Å²) in [6, 6.07) is 0. The Bertz CT molecular complexity index is 585. The van der Waals surface area contributed by atoms with Crippen LogP contribution in [0.25, 0.3) is 0 Å². The van der Waals surface area contributed by atoms with E-state index in [0.29, 0.717) is 11.8 Å². The summed E-state index contributed by atoms with van der Waals surface area (Å²) >= 11 is 0. The van der Waals surface area contributed by atoms with E-state index in [1.807, 2.05) is 34.6 Å². The van der Waals surface area contributed by atoms with Gasteiger partial charge in [-0.15, -0.1) is 0 Å². The minimum absolute atomic E-state index is 0.0946. The molecular weight excluding hydrogens is 537 g/mol. The second kappa shape index (κ2) is 30.4. The Kier molecular flexibility index (Phi) is 32.1. The predicted octanol–water partition coefficient (Wildman–Crippen LogP) is 5.94. The van der Waals surface area contributed by atoms with Crippen LogP contribution < -0.4 is 0 Å². The van der Waals surface area contributed by atoms with Crippen molar-refractivity contribution >= 4 is 46.3 Å². The maximum atomic E-state index is 10.6. The minimum Gasteiger partial charge on any atom is -0.393 e. The van der Waals surface area contributed by atoms with Gasteiger partial charge in [-0.2, -0.15) is 5.26 Å². The van der Waals surface area contributed by atoms with Crippen molar-refractivity contribution in [2.45, 2.75) is 114 Å². The molecule has 0 saturated heterocycles. The molecule has 0 bridgehead atoms. The molecule has 0 saturated carbocycles. The van der Waals surface area contributed by atoms with Gasteiger partial charge in [0.15, 0.2) is 0 Å². The monoisotopic (exact) mass is 600 g/mol. The third-order valence-electron chi connectivity index (χ3n) is 5.40. The first-order chi connectivity index (χ1) is 18.3. The van der Waals surface area contributed by atoms with Gasteiger partial charge in [-0.1, -0.05) is 48.5 Å². The smallest absolute Gasteiger partial charge is 0.347 e. The number of carbonyl (C=O) groups excluding carboxylic acids is 3. The topological polar surface area (TPSA) is 129 Å². The molecule has 12 heteroatoms. The number of Topliss-reactive ketones (excluding diaryl/α,β-unsaturated/α-hetero) is 1. The molecule has 0 aliphatic carbocycles. The SMILES string of the molecule is CC(=O)C(C)C.CC(C)[C@H](C)O.[3H]PO[C@@H](C)C(C)C.[3H]PO[C@@H](C)C(C)C(=O)OO.[3H]PO[C@@H](C)C(C)C=O. The molecule has 0 aromatic carbocycles. The van der Waals surface area contributed by atoms with Crippen molar-refractivity contribution in [1.29, 1.82) is 3.84 Å². The molecule has 0 amide bonds. The van der Waals surface area contributed by atoms with Gasteiger partial charge in [0, 0.05) is 40.1 Å². The normalized spacial score (nSPS) is 17.0. The van der Waals surface area contributed by atoms with E-state index in [1.165, 1.54) is 0 Å². The molecule has 2 N–H and O–H groups in total. The highest BCUT2D eigenvalue weighted by molar-refractivity contribution is 7.10. The van der Waals surface area contributed by atoms with Crippen LogP contribution >= 0.6 is 28.2 Å². The third kappa shape index (κ3) is 35.9. The molecular formula is C25H57O9P3. The van der Waals surface area contributed by atoms with E-state index in [0.717, 1.165) is 6.29 Å². The fourth-order valence-electron chi connectivity index (χ4n) is 0.731. The van der Waals surface area contributed by atoms with Crippen molar-refractivity contribution in [3.63, 3.8) is 0 Å². The zero-order chi connectivity index (χ0) is 33.0. The lowest BCUT2D eigenvalue weighted by atomic mass is 10.1. The Morgan fingerprint density at radius 1 is 0.757 bits per heavy atom. The molecule has 0 heterocycles. The first-order valence-corrected chi connectivity index (χ1v) is 13.5. The van der Waals surface area contributed by atoms with Gasteiger partial charge in [0.05, 0.1) is 34.2 Å². The number of carbonyl (C=O) groups is 3. The molecule has 37 heavy (non-hydrogen) atoms. The summed E-state index contributed by atoms with van der Waals surface area (Å²) in [5, 5.41) is 16.6. The van der Waals surface area contributed by atoms with Crippen LogP contribution in [0.1, 0.15) is 90.0 Å². The average Bonchev–Trinajstić information content (AvgIpc) is 2.88. The van der Waals surface area contributed by atoms with Crippen LogP contribution in [0.15, 0.2) is 0 Å². The van der Waals surface area contributed by atoms with Crippen molar-refractivity contribution in [3.05, 3.63) is 0 Å². The van der Waals surface area contributed by atoms with Gasteiger partial charge >= 0.3 is 5.97 Å². The van der Waals surface area contributed by atoms with Gasteiger partial charge < -0.3 is 28.4 Å². The Hall–Kier alpha value is -0.100.